The topological polar surface area (TPSA) is 63.4 Å². The van der Waals surface area contributed by atoms with E-state index >= 15 is 0 Å². The first-order valence-corrected chi connectivity index (χ1v) is 5.56. The van der Waals surface area contributed by atoms with Crippen molar-refractivity contribution in [1.29, 1.82) is 0 Å². The summed E-state index contributed by atoms with van der Waals surface area (Å²) in [6.07, 6.45) is 0. The fourth-order valence-corrected chi connectivity index (χ4v) is 2.32. The normalized spacial score (nSPS) is 17.2. The van der Waals surface area contributed by atoms with Gasteiger partial charge in [-0.25, -0.2) is 0 Å². The predicted octanol–water partition coefficient (Wildman–Crippen LogP) is 4.20. The zero-order valence-corrected chi connectivity index (χ0v) is 9.71. The second-order valence-corrected chi connectivity index (χ2v) is 4.20. The van der Waals surface area contributed by atoms with Gasteiger partial charge in [0, 0.05) is 10.8 Å². The van der Waals surface area contributed by atoms with Gasteiger partial charge in [-0.05, 0) is 28.2 Å². The molecule has 0 atom stereocenters. The van der Waals surface area contributed by atoms with Gasteiger partial charge in [0.05, 0.1) is 27.3 Å². The van der Waals surface area contributed by atoms with Gasteiger partial charge in [-0.2, -0.15) is 0 Å². The van der Waals surface area contributed by atoms with Gasteiger partial charge in [0.1, 0.15) is 5.75 Å². The van der Waals surface area contributed by atoms with Crippen LogP contribution in [0.3, 0.4) is 0 Å². The summed E-state index contributed by atoms with van der Waals surface area (Å²) in [5.41, 5.74) is -0.933. The Balaban J connectivity index is 2.62. The Bertz CT molecular complexity index is 1360. The minimum absolute atomic E-state index is 0.142. The molecular formula is C16H9NO3. The first-order chi connectivity index (χ1) is 13.0. The number of nitrogens with zero attached hydrogens (tertiary/aromatic N) is 1. The molecule has 4 nitrogen and oxygen atoms in total. The summed E-state index contributed by atoms with van der Waals surface area (Å²) in [4.78, 5) is 10.6. The van der Waals surface area contributed by atoms with Crippen LogP contribution in [0.25, 0.3) is 32.3 Å². The van der Waals surface area contributed by atoms with Crippen molar-refractivity contribution in [3.05, 3.63) is 58.5 Å². The number of nitro groups is 1. The Morgan fingerprint density at radius 2 is 1.65 bits per heavy atom. The van der Waals surface area contributed by atoms with E-state index in [9.17, 15) is 15.2 Å². The van der Waals surface area contributed by atoms with Crippen LogP contribution in [0.2, 0.25) is 0 Å². The van der Waals surface area contributed by atoms with E-state index in [-0.39, 0.29) is 21.5 Å². The molecule has 4 rings (SSSR count). The highest BCUT2D eigenvalue weighted by molar-refractivity contribution is 6.25. The third-order valence-corrected chi connectivity index (χ3v) is 3.14. The minimum atomic E-state index is -0.976. The number of nitro benzene ring substituents is 1. The zero-order valence-electron chi connectivity index (χ0n) is 17.7. The second-order valence-electron chi connectivity index (χ2n) is 4.20. The molecule has 0 aliphatic carbocycles. The zero-order chi connectivity index (χ0) is 20.8. The van der Waals surface area contributed by atoms with E-state index in [4.69, 9.17) is 11.0 Å². The molecule has 0 aromatic heterocycles. The molecule has 20 heavy (non-hydrogen) atoms. The monoisotopic (exact) mass is 271 g/mol. The molecule has 0 bridgehead atoms. The molecule has 0 saturated carbocycles. The smallest absolute Gasteiger partial charge is 0.280 e. The van der Waals surface area contributed by atoms with E-state index < -0.39 is 75.5 Å². The summed E-state index contributed by atoms with van der Waals surface area (Å²) in [7, 11) is 0. The van der Waals surface area contributed by atoms with Crippen molar-refractivity contribution in [1.82, 2.24) is 0 Å². The first-order valence-electron chi connectivity index (χ1n) is 9.56. The third-order valence-electron chi connectivity index (χ3n) is 3.14. The van der Waals surface area contributed by atoms with E-state index in [0.717, 1.165) is 0 Å². The standard InChI is InChI=1S/C16H9NO3/c18-14-8-13(17(19)20)11-6-4-9-2-1-3-10-5-7-12(14)16(11)15(9)10/h1-8,18H/i1D,2D,3D,4D,5D,6D,7D,8D. The SMILES string of the molecule is [2H]c1c([2H])c2c([2H])c([2H])c3c(O)c([2H])c([N+](=O)[O-])c4c([2H])c([2H])c(c1[2H])c2c34. The molecule has 0 radical (unpaired) electrons. The van der Waals surface area contributed by atoms with Crippen molar-refractivity contribution in [2.24, 2.45) is 0 Å². The predicted molar refractivity (Wildman–Crippen MR) is 78.5 cm³/mol. The second kappa shape index (κ2) is 3.57. The summed E-state index contributed by atoms with van der Waals surface area (Å²) >= 11 is 0. The lowest BCUT2D eigenvalue weighted by molar-refractivity contribution is -0.383. The fourth-order valence-electron chi connectivity index (χ4n) is 2.32. The molecule has 4 heteroatoms. The van der Waals surface area contributed by atoms with E-state index in [1.54, 1.807) is 0 Å². The number of phenolic OH excluding ortho intramolecular Hbond substituents is 1. The molecule has 4 aromatic carbocycles. The molecule has 0 aliphatic heterocycles. The van der Waals surface area contributed by atoms with E-state index in [1.165, 1.54) is 0 Å². The number of aromatic hydroxyl groups is 1. The number of rotatable bonds is 1. The largest absolute Gasteiger partial charge is 0.507 e. The van der Waals surface area contributed by atoms with Gasteiger partial charge < -0.3 is 5.11 Å². The average molecular weight is 271 g/mol. The Morgan fingerprint density at radius 3 is 2.30 bits per heavy atom. The Hall–Kier alpha value is -2.88. The van der Waals surface area contributed by atoms with Gasteiger partial charge >= 0.3 is 0 Å². The van der Waals surface area contributed by atoms with Gasteiger partial charge in [-0.3, -0.25) is 10.1 Å². The summed E-state index contributed by atoms with van der Waals surface area (Å²) in [5, 5.41) is 20.2. The van der Waals surface area contributed by atoms with Crippen LogP contribution < -0.4 is 0 Å². The third kappa shape index (κ3) is 1.25. The fraction of sp³-hybridized carbons (Fsp3) is 0. The lowest BCUT2D eigenvalue weighted by Crippen LogP contribution is -1.92. The van der Waals surface area contributed by atoms with Crippen molar-refractivity contribution in [3.8, 4) is 5.75 Å². The highest BCUT2D eigenvalue weighted by Crippen LogP contribution is 2.42. The van der Waals surface area contributed by atoms with Gasteiger partial charge in [-0.1, -0.05) is 30.2 Å². The van der Waals surface area contributed by atoms with E-state index in [2.05, 4.69) is 0 Å². The summed E-state index contributed by atoms with van der Waals surface area (Å²) in [6.45, 7) is 0. The maximum atomic E-state index is 11.6. The quantitative estimate of drug-likeness (QED) is 0.320. The van der Waals surface area contributed by atoms with Gasteiger partial charge in [0.2, 0.25) is 0 Å². The molecule has 0 fully saturated rings. The van der Waals surface area contributed by atoms with Crippen molar-refractivity contribution in [2.45, 2.75) is 0 Å². The Labute approximate surface area is 124 Å². The summed E-state index contributed by atoms with van der Waals surface area (Å²) < 4.78 is 64.9. The van der Waals surface area contributed by atoms with Crippen LogP contribution in [-0.4, -0.2) is 10.0 Å². The van der Waals surface area contributed by atoms with E-state index in [1.807, 2.05) is 0 Å². The number of hydrogen-bond donors (Lipinski definition) is 1. The van der Waals surface area contributed by atoms with Gasteiger partial charge in [0.15, 0.2) is 0 Å². The number of hydrogen-bond acceptors (Lipinski definition) is 3. The Kier molecular flexibility index (Phi) is 1.00. The summed E-state index contributed by atoms with van der Waals surface area (Å²) in [6, 6.07) is -5.19. The molecule has 0 heterocycles. The van der Waals surface area contributed by atoms with Gasteiger partial charge in [-0.15, -0.1) is 0 Å². The minimum Gasteiger partial charge on any atom is -0.507 e. The first kappa shape index (κ1) is 5.63. The lowest BCUT2D eigenvalue weighted by atomic mass is 9.93. The van der Waals surface area contributed by atoms with Crippen LogP contribution in [-0.2, 0) is 0 Å². The molecule has 0 spiro atoms. The molecule has 0 unspecified atom stereocenters. The van der Waals surface area contributed by atoms with Crippen molar-refractivity contribution >= 4 is 38.0 Å². The van der Waals surface area contributed by atoms with Crippen molar-refractivity contribution in [2.75, 3.05) is 0 Å². The highest BCUT2D eigenvalue weighted by Gasteiger charge is 2.19. The van der Waals surface area contributed by atoms with Crippen LogP contribution >= 0.6 is 0 Å². The summed E-state index contributed by atoms with van der Waals surface area (Å²) in [5.74, 6) is -0.925. The number of benzene rings is 4. The van der Waals surface area contributed by atoms with Crippen LogP contribution in [0.1, 0.15) is 11.0 Å². The van der Waals surface area contributed by atoms with Crippen LogP contribution in [0.15, 0.2) is 48.3 Å². The van der Waals surface area contributed by atoms with Crippen molar-refractivity contribution < 1.29 is 21.0 Å². The molecule has 0 aliphatic rings. The lowest BCUT2D eigenvalue weighted by Gasteiger charge is -2.11. The molecule has 96 valence electrons. The van der Waals surface area contributed by atoms with Gasteiger partial charge in [0.25, 0.3) is 5.69 Å². The molecule has 0 amide bonds. The molecule has 0 saturated heterocycles. The van der Waals surface area contributed by atoms with Crippen LogP contribution in [0.5, 0.6) is 5.75 Å². The van der Waals surface area contributed by atoms with Crippen LogP contribution in [0.4, 0.5) is 5.69 Å². The van der Waals surface area contributed by atoms with Crippen LogP contribution in [0, 0.1) is 10.1 Å². The number of phenols is 1. The van der Waals surface area contributed by atoms with Crippen molar-refractivity contribution in [3.63, 3.8) is 0 Å². The maximum Gasteiger partial charge on any atom is 0.280 e. The average Bonchev–Trinajstić information content (AvgIpc) is 2.63. The Morgan fingerprint density at radius 1 is 1.00 bits per heavy atom. The van der Waals surface area contributed by atoms with E-state index in [0.29, 0.717) is 0 Å². The molecule has 4 aromatic rings. The highest BCUT2D eigenvalue weighted by atomic mass is 16.6. The molecular weight excluding hydrogens is 254 g/mol. The maximum absolute atomic E-state index is 11.6. The molecule has 1 N–H and O–H groups in total.